The van der Waals surface area contributed by atoms with E-state index in [1.54, 1.807) is 0 Å². The van der Waals surface area contributed by atoms with Gasteiger partial charge < -0.3 is 5.32 Å². The Morgan fingerprint density at radius 1 is 1.24 bits per heavy atom. The second kappa shape index (κ2) is 4.72. The van der Waals surface area contributed by atoms with Gasteiger partial charge in [0.05, 0.1) is 11.7 Å². The first-order valence-electron chi connectivity index (χ1n) is 7.31. The molecule has 1 aromatic carbocycles. The zero-order valence-electron chi connectivity index (χ0n) is 13.0. The molecule has 110 valence electrons. The molecule has 4 nitrogen and oxygen atoms in total. The van der Waals surface area contributed by atoms with E-state index in [1.807, 2.05) is 10.9 Å². The number of hydrogen-bond acceptors (Lipinski definition) is 2. The number of aromatic nitrogens is 2. The highest BCUT2D eigenvalue weighted by Gasteiger charge is 2.32. The van der Waals surface area contributed by atoms with Crippen LogP contribution in [0.15, 0.2) is 30.5 Å². The maximum Gasteiger partial charge on any atom is 0.226 e. The third kappa shape index (κ3) is 2.46. The predicted molar refractivity (Wildman–Crippen MR) is 83.5 cm³/mol. The van der Waals surface area contributed by atoms with Crippen LogP contribution in [0.2, 0.25) is 0 Å². The molecule has 0 saturated heterocycles. The molecule has 0 saturated carbocycles. The average molecular weight is 283 g/mol. The molecule has 1 amide bonds. The van der Waals surface area contributed by atoms with Crippen LogP contribution in [0.5, 0.6) is 0 Å². The highest BCUT2D eigenvalue weighted by Crippen LogP contribution is 2.38. The molecular weight excluding hydrogens is 262 g/mol. The van der Waals surface area contributed by atoms with Crippen LogP contribution in [0.4, 0.5) is 5.82 Å². The Labute approximate surface area is 125 Å². The lowest BCUT2D eigenvalue weighted by atomic mass is 9.87. The van der Waals surface area contributed by atoms with E-state index in [0.717, 1.165) is 11.4 Å². The van der Waals surface area contributed by atoms with E-state index in [1.165, 1.54) is 11.1 Å². The van der Waals surface area contributed by atoms with E-state index in [0.29, 0.717) is 6.42 Å². The van der Waals surface area contributed by atoms with E-state index in [4.69, 9.17) is 0 Å². The van der Waals surface area contributed by atoms with Gasteiger partial charge in [-0.15, -0.1) is 0 Å². The van der Waals surface area contributed by atoms with Gasteiger partial charge in [0.25, 0.3) is 0 Å². The quantitative estimate of drug-likeness (QED) is 0.871. The summed E-state index contributed by atoms with van der Waals surface area (Å²) in [5.41, 5.74) is 3.35. The SMILES string of the molecule is Cc1ccc([C@@H]2CC(=O)Nc3c2cnn3C(C)(C)C)cc1. The van der Waals surface area contributed by atoms with Gasteiger partial charge in [-0.1, -0.05) is 29.8 Å². The highest BCUT2D eigenvalue weighted by molar-refractivity contribution is 5.94. The molecule has 2 aromatic rings. The fraction of sp³-hybridized carbons (Fsp3) is 0.412. The number of carbonyl (C=O) groups is 1. The topological polar surface area (TPSA) is 46.9 Å². The summed E-state index contributed by atoms with van der Waals surface area (Å²) in [6, 6.07) is 8.40. The van der Waals surface area contributed by atoms with Crippen molar-refractivity contribution < 1.29 is 4.79 Å². The zero-order valence-corrected chi connectivity index (χ0v) is 13.0. The minimum atomic E-state index is -0.157. The van der Waals surface area contributed by atoms with Crippen molar-refractivity contribution in [2.75, 3.05) is 5.32 Å². The minimum absolute atomic E-state index is 0.0547. The van der Waals surface area contributed by atoms with Crippen LogP contribution in [-0.4, -0.2) is 15.7 Å². The number of benzene rings is 1. The van der Waals surface area contributed by atoms with Crippen molar-refractivity contribution >= 4 is 11.7 Å². The van der Waals surface area contributed by atoms with Crippen LogP contribution < -0.4 is 5.32 Å². The number of nitrogens with zero attached hydrogens (tertiary/aromatic N) is 2. The molecule has 3 rings (SSSR count). The third-order valence-corrected chi connectivity index (χ3v) is 3.94. The van der Waals surface area contributed by atoms with Gasteiger partial charge >= 0.3 is 0 Å². The number of hydrogen-bond donors (Lipinski definition) is 1. The van der Waals surface area contributed by atoms with Gasteiger partial charge in [-0.05, 0) is 33.3 Å². The van der Waals surface area contributed by atoms with Crippen molar-refractivity contribution in [3.05, 3.63) is 47.2 Å². The Morgan fingerprint density at radius 3 is 2.52 bits per heavy atom. The van der Waals surface area contributed by atoms with Crippen molar-refractivity contribution in [3.63, 3.8) is 0 Å². The summed E-state index contributed by atoms with van der Waals surface area (Å²) in [7, 11) is 0. The van der Waals surface area contributed by atoms with Gasteiger partial charge in [0.15, 0.2) is 0 Å². The van der Waals surface area contributed by atoms with Crippen LogP contribution in [-0.2, 0) is 10.3 Å². The van der Waals surface area contributed by atoms with Crippen molar-refractivity contribution in [2.24, 2.45) is 0 Å². The fourth-order valence-electron chi connectivity index (χ4n) is 2.82. The number of amides is 1. The van der Waals surface area contributed by atoms with Crippen molar-refractivity contribution in [2.45, 2.75) is 45.6 Å². The maximum absolute atomic E-state index is 12.1. The second-order valence-electron chi connectivity index (χ2n) is 6.75. The van der Waals surface area contributed by atoms with Gasteiger partial charge in [-0.3, -0.25) is 4.79 Å². The van der Waals surface area contributed by atoms with E-state index in [2.05, 4.69) is 62.4 Å². The molecule has 0 unspecified atom stereocenters. The lowest BCUT2D eigenvalue weighted by Gasteiger charge is -2.28. The largest absolute Gasteiger partial charge is 0.311 e. The Kier molecular flexibility index (Phi) is 3.12. The number of aryl methyl sites for hydroxylation is 1. The van der Waals surface area contributed by atoms with Crippen molar-refractivity contribution in [3.8, 4) is 0 Å². The number of nitrogens with one attached hydrogen (secondary N) is 1. The molecule has 0 radical (unpaired) electrons. The fourth-order valence-corrected chi connectivity index (χ4v) is 2.82. The molecule has 4 heteroatoms. The first kappa shape index (κ1) is 13.9. The molecule has 2 heterocycles. The monoisotopic (exact) mass is 283 g/mol. The Hall–Kier alpha value is -2.10. The van der Waals surface area contributed by atoms with Gasteiger partial charge in [0.1, 0.15) is 5.82 Å². The summed E-state index contributed by atoms with van der Waals surface area (Å²) in [6.07, 6.45) is 2.37. The Balaban J connectivity index is 2.09. The molecule has 1 aliphatic heterocycles. The number of carbonyl (C=O) groups excluding carboxylic acids is 1. The van der Waals surface area contributed by atoms with Gasteiger partial charge in [0.2, 0.25) is 5.91 Å². The van der Waals surface area contributed by atoms with E-state index in [9.17, 15) is 4.79 Å². The normalized spacial score (nSPS) is 18.3. The molecule has 1 atom stereocenters. The molecule has 1 N–H and O–H groups in total. The lowest BCUT2D eigenvalue weighted by molar-refractivity contribution is -0.116. The summed E-state index contributed by atoms with van der Waals surface area (Å²) in [6.45, 7) is 8.33. The summed E-state index contributed by atoms with van der Waals surface area (Å²) in [5.74, 6) is 0.980. The van der Waals surface area contributed by atoms with Crippen LogP contribution in [0.3, 0.4) is 0 Å². The van der Waals surface area contributed by atoms with Crippen LogP contribution in [0, 0.1) is 6.92 Å². The summed E-state index contributed by atoms with van der Waals surface area (Å²) in [4.78, 5) is 12.1. The Bertz CT molecular complexity index is 677. The summed E-state index contributed by atoms with van der Waals surface area (Å²) in [5, 5.41) is 7.49. The smallest absolute Gasteiger partial charge is 0.226 e. The number of anilines is 1. The first-order valence-corrected chi connectivity index (χ1v) is 7.31. The average Bonchev–Trinajstić information content (AvgIpc) is 2.82. The molecular formula is C17H21N3O. The lowest BCUT2D eigenvalue weighted by Crippen LogP contribution is -2.30. The molecule has 0 fully saturated rings. The van der Waals surface area contributed by atoms with Crippen LogP contribution in [0.25, 0.3) is 0 Å². The van der Waals surface area contributed by atoms with Crippen LogP contribution >= 0.6 is 0 Å². The van der Waals surface area contributed by atoms with Crippen molar-refractivity contribution in [1.29, 1.82) is 0 Å². The van der Waals surface area contributed by atoms with Gasteiger partial charge in [-0.2, -0.15) is 5.10 Å². The Morgan fingerprint density at radius 2 is 1.90 bits per heavy atom. The molecule has 0 aliphatic carbocycles. The summed E-state index contributed by atoms with van der Waals surface area (Å²) >= 11 is 0. The number of fused-ring (bicyclic) bond motifs is 1. The van der Waals surface area contributed by atoms with Gasteiger partial charge in [0, 0.05) is 17.9 Å². The standard InChI is InChI=1S/C17H21N3O/c1-11-5-7-12(8-6-11)13-9-15(21)19-16-14(13)10-18-20(16)17(2,3)4/h5-8,10,13H,9H2,1-4H3,(H,19,21)/t13-/m0/s1. The predicted octanol–water partition coefficient (Wildman–Crippen LogP) is 3.42. The van der Waals surface area contributed by atoms with Crippen LogP contribution in [0.1, 0.15) is 49.8 Å². The molecule has 0 bridgehead atoms. The molecule has 1 aromatic heterocycles. The molecule has 1 aliphatic rings. The van der Waals surface area contributed by atoms with E-state index < -0.39 is 0 Å². The summed E-state index contributed by atoms with van der Waals surface area (Å²) < 4.78 is 1.90. The highest BCUT2D eigenvalue weighted by atomic mass is 16.1. The number of rotatable bonds is 1. The zero-order chi connectivity index (χ0) is 15.2. The molecule has 0 spiro atoms. The first-order chi connectivity index (χ1) is 9.86. The van der Waals surface area contributed by atoms with E-state index >= 15 is 0 Å². The molecule has 21 heavy (non-hydrogen) atoms. The van der Waals surface area contributed by atoms with E-state index in [-0.39, 0.29) is 17.4 Å². The maximum atomic E-state index is 12.1. The minimum Gasteiger partial charge on any atom is -0.311 e. The van der Waals surface area contributed by atoms with Gasteiger partial charge in [-0.25, -0.2) is 4.68 Å². The van der Waals surface area contributed by atoms with Crippen molar-refractivity contribution in [1.82, 2.24) is 9.78 Å². The second-order valence-corrected chi connectivity index (χ2v) is 6.75. The third-order valence-electron chi connectivity index (χ3n) is 3.94.